The van der Waals surface area contributed by atoms with E-state index in [1.54, 1.807) is 0 Å². The van der Waals surface area contributed by atoms with Gasteiger partial charge in [0.2, 0.25) is 5.91 Å². The zero-order valence-electron chi connectivity index (χ0n) is 23.8. The molecule has 4 aliphatic rings. The molecule has 9 heteroatoms. The van der Waals surface area contributed by atoms with Gasteiger partial charge in [-0.15, -0.1) is 0 Å². The van der Waals surface area contributed by atoms with E-state index in [1.165, 1.54) is 6.92 Å². The summed E-state index contributed by atoms with van der Waals surface area (Å²) in [6.45, 7) is 10.1. The number of hydrogen-bond acceptors (Lipinski definition) is 6. The molecule has 0 unspecified atom stereocenters. The van der Waals surface area contributed by atoms with Crippen LogP contribution in [0, 0.1) is 52.3 Å². The molecule has 0 aromatic rings. The zero-order valence-corrected chi connectivity index (χ0v) is 24.7. The SMILES string of the molecule is CC[C@H]1[C@@H](O)[C@@H]2[C@H](C[C@H](O)[C@]3(C)[C@@H]([C@H](C)CCC(=O)NC[C@@H](C)S(=O)(=O)O)CC[C@@H]23)[C@@]2(C)CC[C@@H](O)C[C@@H]12. The number of carbonyl (C=O) groups excluding carboxylic acids is 1. The molecule has 220 valence electrons. The summed E-state index contributed by atoms with van der Waals surface area (Å²) in [6.07, 6.45) is 5.73. The molecule has 8 nitrogen and oxygen atoms in total. The summed E-state index contributed by atoms with van der Waals surface area (Å²) >= 11 is 0. The lowest BCUT2D eigenvalue weighted by molar-refractivity contribution is -0.228. The Kier molecular flexibility index (Phi) is 8.68. The molecule has 4 aliphatic carbocycles. The fourth-order valence-corrected chi connectivity index (χ4v) is 10.2. The number of aliphatic hydroxyl groups is 3. The van der Waals surface area contributed by atoms with Crippen molar-refractivity contribution in [2.75, 3.05) is 6.54 Å². The van der Waals surface area contributed by atoms with Gasteiger partial charge in [0.25, 0.3) is 10.1 Å². The minimum atomic E-state index is -4.18. The van der Waals surface area contributed by atoms with E-state index in [1.807, 2.05) is 0 Å². The van der Waals surface area contributed by atoms with Gasteiger partial charge >= 0.3 is 0 Å². The van der Waals surface area contributed by atoms with Crippen LogP contribution in [0.2, 0.25) is 0 Å². The number of carbonyl (C=O) groups is 1. The van der Waals surface area contributed by atoms with Gasteiger partial charge < -0.3 is 20.6 Å². The van der Waals surface area contributed by atoms with Crippen LogP contribution >= 0.6 is 0 Å². The monoisotopic (exact) mass is 557 g/mol. The number of rotatable bonds is 8. The van der Waals surface area contributed by atoms with Crippen molar-refractivity contribution in [3.8, 4) is 0 Å². The third-order valence-electron chi connectivity index (χ3n) is 12.2. The molecule has 0 aromatic carbocycles. The lowest BCUT2D eigenvalue weighted by Gasteiger charge is -2.65. The highest BCUT2D eigenvalue weighted by Gasteiger charge is 2.67. The third kappa shape index (κ3) is 5.08. The molecule has 0 aromatic heterocycles. The average Bonchev–Trinajstić information content (AvgIpc) is 3.21. The zero-order chi connectivity index (χ0) is 28.2. The summed E-state index contributed by atoms with van der Waals surface area (Å²) in [5, 5.41) is 35.7. The Morgan fingerprint density at radius 2 is 1.71 bits per heavy atom. The topological polar surface area (TPSA) is 144 Å². The molecule has 38 heavy (non-hydrogen) atoms. The van der Waals surface area contributed by atoms with Gasteiger partial charge in [0, 0.05) is 13.0 Å². The van der Waals surface area contributed by atoms with Crippen LogP contribution in [0.5, 0.6) is 0 Å². The standard InChI is InChI=1S/C29H51NO7S/c1-6-19-22-13-18(31)11-12-28(22,4)23-14-24(32)29(5)20(8-9-21(29)26(23)27(19)34)16(2)7-10-25(33)30-15-17(3)38(35,36)37/h16-24,26-27,31-32,34H,6-15H2,1-5H3,(H,30,33)(H,35,36,37)/t16-,17-,18-,19-,20-,21+,22+,23+,24+,26+,27-,28+,29-/m1/s1. The highest BCUT2D eigenvalue weighted by molar-refractivity contribution is 7.86. The van der Waals surface area contributed by atoms with Gasteiger partial charge in [-0.25, -0.2) is 0 Å². The van der Waals surface area contributed by atoms with E-state index in [4.69, 9.17) is 4.55 Å². The van der Waals surface area contributed by atoms with Gasteiger partial charge in [-0.1, -0.05) is 34.1 Å². The van der Waals surface area contributed by atoms with Gasteiger partial charge in [0.1, 0.15) is 5.25 Å². The number of aliphatic hydroxyl groups excluding tert-OH is 3. The number of nitrogens with one attached hydrogen (secondary N) is 1. The predicted octanol–water partition coefficient (Wildman–Crippen LogP) is 3.39. The number of hydrogen-bond donors (Lipinski definition) is 5. The maximum atomic E-state index is 12.4. The Bertz CT molecular complexity index is 974. The first-order chi connectivity index (χ1) is 17.7. The molecule has 0 spiro atoms. The predicted molar refractivity (Wildman–Crippen MR) is 146 cm³/mol. The van der Waals surface area contributed by atoms with Crippen LogP contribution in [-0.2, 0) is 14.9 Å². The van der Waals surface area contributed by atoms with Crippen molar-refractivity contribution in [3.63, 3.8) is 0 Å². The fourth-order valence-electron chi connectivity index (χ4n) is 9.90. The summed E-state index contributed by atoms with van der Waals surface area (Å²) in [7, 11) is -4.18. The van der Waals surface area contributed by atoms with E-state index in [0.717, 1.165) is 38.5 Å². The number of fused-ring (bicyclic) bond motifs is 5. The highest BCUT2D eigenvalue weighted by Crippen LogP contribution is 2.69. The van der Waals surface area contributed by atoms with E-state index >= 15 is 0 Å². The molecule has 5 N–H and O–H groups in total. The first kappa shape index (κ1) is 30.2. The lowest BCUT2D eigenvalue weighted by Crippen LogP contribution is -2.65. The minimum absolute atomic E-state index is 0.0209. The molecule has 4 fully saturated rings. The average molecular weight is 558 g/mol. The van der Waals surface area contributed by atoms with E-state index in [-0.39, 0.29) is 77.2 Å². The Morgan fingerprint density at radius 3 is 2.34 bits per heavy atom. The highest BCUT2D eigenvalue weighted by atomic mass is 32.2. The molecular weight excluding hydrogens is 506 g/mol. The van der Waals surface area contributed by atoms with Crippen molar-refractivity contribution in [2.45, 2.75) is 116 Å². The van der Waals surface area contributed by atoms with Gasteiger partial charge in [-0.2, -0.15) is 8.42 Å². The van der Waals surface area contributed by atoms with Crippen molar-refractivity contribution in [1.82, 2.24) is 5.32 Å². The van der Waals surface area contributed by atoms with Gasteiger partial charge in [-0.05, 0) is 104 Å². The molecule has 1 amide bonds. The Balaban J connectivity index is 1.48. The van der Waals surface area contributed by atoms with E-state index in [9.17, 15) is 28.5 Å². The van der Waals surface area contributed by atoms with Crippen molar-refractivity contribution in [1.29, 1.82) is 0 Å². The first-order valence-corrected chi connectivity index (χ1v) is 16.4. The second-order valence-electron chi connectivity index (χ2n) is 13.8. The Hall–Kier alpha value is -0.740. The molecule has 4 saturated carbocycles. The molecular formula is C29H51NO7S. The summed E-state index contributed by atoms with van der Waals surface area (Å²) in [4.78, 5) is 12.4. The molecule has 4 rings (SSSR count). The lowest BCUT2D eigenvalue weighted by atomic mass is 9.41. The second kappa shape index (κ2) is 10.9. The summed E-state index contributed by atoms with van der Waals surface area (Å²) in [6, 6.07) is 0. The Labute approximate surface area is 229 Å². The maximum absolute atomic E-state index is 12.4. The maximum Gasteiger partial charge on any atom is 0.269 e. The Morgan fingerprint density at radius 1 is 1.03 bits per heavy atom. The van der Waals surface area contributed by atoms with Crippen LogP contribution in [0.1, 0.15) is 92.4 Å². The van der Waals surface area contributed by atoms with Crippen molar-refractivity contribution < 1.29 is 33.1 Å². The number of amides is 1. The van der Waals surface area contributed by atoms with Crippen LogP contribution in [-0.4, -0.2) is 64.3 Å². The van der Waals surface area contributed by atoms with Crippen molar-refractivity contribution >= 4 is 16.0 Å². The normalized spacial score (nSPS) is 46.4. The van der Waals surface area contributed by atoms with Crippen LogP contribution < -0.4 is 5.32 Å². The van der Waals surface area contributed by atoms with E-state index in [2.05, 4.69) is 33.0 Å². The quantitative estimate of drug-likeness (QED) is 0.288. The van der Waals surface area contributed by atoms with Gasteiger partial charge in [-0.3, -0.25) is 9.35 Å². The molecule has 0 saturated heterocycles. The van der Waals surface area contributed by atoms with E-state index < -0.39 is 27.6 Å². The second-order valence-corrected chi connectivity index (χ2v) is 15.7. The summed E-state index contributed by atoms with van der Waals surface area (Å²) in [5.41, 5.74) is -0.305. The van der Waals surface area contributed by atoms with Crippen LogP contribution in [0.15, 0.2) is 0 Å². The minimum Gasteiger partial charge on any atom is -0.393 e. The van der Waals surface area contributed by atoms with Gasteiger partial charge in [0.05, 0.1) is 18.3 Å². The third-order valence-corrected chi connectivity index (χ3v) is 13.4. The largest absolute Gasteiger partial charge is 0.393 e. The van der Waals surface area contributed by atoms with Crippen LogP contribution in [0.25, 0.3) is 0 Å². The summed E-state index contributed by atoms with van der Waals surface area (Å²) < 4.78 is 31.5. The molecule has 0 heterocycles. The van der Waals surface area contributed by atoms with Crippen LogP contribution in [0.4, 0.5) is 0 Å². The van der Waals surface area contributed by atoms with Crippen molar-refractivity contribution in [3.05, 3.63) is 0 Å². The first-order valence-electron chi connectivity index (χ1n) is 14.9. The molecule has 0 bridgehead atoms. The molecule has 0 aliphatic heterocycles. The van der Waals surface area contributed by atoms with Crippen molar-refractivity contribution in [2.24, 2.45) is 52.3 Å². The molecule has 13 atom stereocenters. The van der Waals surface area contributed by atoms with Crippen LogP contribution in [0.3, 0.4) is 0 Å². The smallest absolute Gasteiger partial charge is 0.269 e. The fraction of sp³-hybridized carbons (Fsp3) is 0.966. The summed E-state index contributed by atoms with van der Waals surface area (Å²) in [5.74, 6) is 1.26. The van der Waals surface area contributed by atoms with E-state index in [0.29, 0.717) is 12.8 Å². The van der Waals surface area contributed by atoms with Gasteiger partial charge in [0.15, 0.2) is 0 Å². The molecule has 0 radical (unpaired) electrons.